The number of rotatable bonds is 6. The Morgan fingerprint density at radius 2 is 1.86 bits per heavy atom. The smallest absolute Gasteiger partial charge is 0.251 e. The molecule has 5 saturated carbocycles. The van der Waals surface area contributed by atoms with Gasteiger partial charge in [0.25, 0.3) is 5.91 Å². The minimum absolute atomic E-state index is 0.0311. The fraction of sp³-hybridized carbons (Fsp3) is 0.720. The van der Waals surface area contributed by atoms with Crippen LogP contribution in [0.3, 0.4) is 0 Å². The number of carbonyl (C=O) groups is 1. The molecular weight excluding hydrogens is 362 g/mol. The maximum Gasteiger partial charge on any atom is 0.251 e. The molecule has 4 heteroatoms. The monoisotopic (exact) mass is 397 g/mol. The van der Waals surface area contributed by atoms with Crippen molar-refractivity contribution in [2.24, 2.45) is 29.1 Å². The first kappa shape index (κ1) is 19.4. The molecule has 0 heterocycles. The van der Waals surface area contributed by atoms with E-state index in [1.165, 1.54) is 51.4 Å². The number of aliphatic hydroxyl groups excluding tert-OH is 1. The summed E-state index contributed by atoms with van der Waals surface area (Å²) in [7, 11) is 0. The normalized spacial score (nSPS) is 36.2. The molecule has 4 nitrogen and oxygen atoms in total. The lowest BCUT2D eigenvalue weighted by molar-refractivity contribution is -0.0969. The third-order valence-corrected chi connectivity index (χ3v) is 8.34. The highest BCUT2D eigenvalue weighted by Crippen LogP contribution is 2.59. The van der Waals surface area contributed by atoms with E-state index in [9.17, 15) is 9.90 Å². The van der Waals surface area contributed by atoms with Crippen molar-refractivity contribution in [3.05, 3.63) is 29.8 Å². The Hall–Kier alpha value is -1.55. The topological polar surface area (TPSA) is 58.6 Å². The number of hydrogen-bond donors (Lipinski definition) is 2. The third kappa shape index (κ3) is 3.93. The molecule has 5 fully saturated rings. The van der Waals surface area contributed by atoms with Crippen LogP contribution in [0.5, 0.6) is 5.75 Å². The molecule has 2 N–H and O–H groups in total. The highest BCUT2D eigenvalue weighted by Gasteiger charge is 2.55. The van der Waals surface area contributed by atoms with Crippen molar-refractivity contribution in [2.75, 3.05) is 13.2 Å². The van der Waals surface area contributed by atoms with Gasteiger partial charge in [-0.25, -0.2) is 0 Å². The molecule has 0 radical (unpaired) electrons. The average Bonchev–Trinajstić information content (AvgIpc) is 2.75. The molecule has 158 valence electrons. The van der Waals surface area contributed by atoms with Gasteiger partial charge in [0.15, 0.2) is 0 Å². The Bertz CT molecular complexity index is 725. The lowest BCUT2D eigenvalue weighted by Gasteiger charge is -2.59. The Kier molecular flexibility index (Phi) is 5.32. The van der Waals surface area contributed by atoms with E-state index >= 15 is 0 Å². The van der Waals surface area contributed by atoms with Crippen LogP contribution in [0.1, 0.15) is 74.6 Å². The molecule has 2 atom stereocenters. The molecule has 1 amide bonds. The zero-order valence-corrected chi connectivity index (χ0v) is 17.4. The molecule has 0 spiro atoms. The molecule has 1 aromatic rings. The van der Waals surface area contributed by atoms with E-state index in [1.807, 2.05) is 24.3 Å². The Morgan fingerprint density at radius 1 is 1.10 bits per heavy atom. The molecule has 29 heavy (non-hydrogen) atoms. The number of carbonyl (C=O) groups excluding carboxylic acids is 1. The first-order chi connectivity index (χ1) is 14.1. The first-order valence-electron chi connectivity index (χ1n) is 11.8. The lowest BCUT2D eigenvalue weighted by atomic mass is 9.48. The van der Waals surface area contributed by atoms with E-state index in [4.69, 9.17) is 4.74 Å². The van der Waals surface area contributed by atoms with Crippen LogP contribution >= 0.6 is 0 Å². The summed E-state index contributed by atoms with van der Waals surface area (Å²) in [6, 6.07) is 7.97. The number of amides is 1. The largest absolute Gasteiger partial charge is 0.493 e. The molecule has 1 aromatic carbocycles. The van der Waals surface area contributed by atoms with E-state index in [0.717, 1.165) is 31.1 Å². The van der Waals surface area contributed by atoms with Crippen LogP contribution in [-0.4, -0.2) is 30.3 Å². The number of nitrogens with one attached hydrogen (secondary N) is 1. The molecular formula is C25H35NO3. The summed E-state index contributed by atoms with van der Waals surface area (Å²) in [5.41, 5.74) is 0.849. The number of ether oxygens (including phenoxy) is 1. The molecule has 0 aliphatic heterocycles. The van der Waals surface area contributed by atoms with Gasteiger partial charge in [-0.05, 0) is 92.2 Å². The quantitative estimate of drug-likeness (QED) is 0.740. The van der Waals surface area contributed by atoms with Gasteiger partial charge in [0.2, 0.25) is 0 Å². The maximum absolute atomic E-state index is 13.0. The van der Waals surface area contributed by atoms with Gasteiger partial charge in [0.05, 0.1) is 6.61 Å². The van der Waals surface area contributed by atoms with E-state index in [-0.39, 0.29) is 17.4 Å². The van der Waals surface area contributed by atoms with Crippen molar-refractivity contribution in [2.45, 2.75) is 70.3 Å². The second-order valence-corrected chi connectivity index (χ2v) is 10.5. The van der Waals surface area contributed by atoms with Gasteiger partial charge in [-0.15, -0.1) is 0 Å². The number of benzene rings is 1. The predicted octanol–water partition coefficient (Wildman–Crippen LogP) is 4.56. The minimum Gasteiger partial charge on any atom is -0.493 e. The zero-order chi connectivity index (χ0) is 19.8. The predicted molar refractivity (Wildman–Crippen MR) is 113 cm³/mol. The Morgan fingerprint density at radius 3 is 2.59 bits per heavy atom. The molecule has 0 saturated heterocycles. The summed E-state index contributed by atoms with van der Waals surface area (Å²) in [6.07, 6.45) is 12.3. The fourth-order valence-corrected chi connectivity index (χ4v) is 7.15. The van der Waals surface area contributed by atoms with Gasteiger partial charge in [-0.3, -0.25) is 4.79 Å². The zero-order valence-electron chi connectivity index (χ0n) is 17.4. The van der Waals surface area contributed by atoms with Crippen LogP contribution in [0.25, 0.3) is 0 Å². The van der Waals surface area contributed by atoms with Crippen molar-refractivity contribution >= 4 is 5.91 Å². The van der Waals surface area contributed by atoms with E-state index in [1.54, 1.807) is 0 Å². The molecule has 5 aliphatic rings. The Balaban J connectivity index is 1.21. The van der Waals surface area contributed by atoms with Gasteiger partial charge < -0.3 is 15.2 Å². The lowest BCUT2D eigenvalue weighted by Crippen LogP contribution is -2.60. The highest BCUT2D eigenvalue weighted by atomic mass is 16.5. The SMILES string of the molecule is O=C(NC1C2CC3CC1CC(CO)(C3)C2)c1cccc(OCC2CCCCC2)c1. The fourth-order valence-electron chi connectivity index (χ4n) is 7.15. The minimum atomic E-state index is 0.0311. The third-order valence-electron chi connectivity index (χ3n) is 8.34. The molecule has 0 aromatic heterocycles. The average molecular weight is 398 g/mol. The number of hydrogen-bond acceptors (Lipinski definition) is 3. The summed E-state index contributed by atoms with van der Waals surface area (Å²) in [5.74, 6) is 3.32. The van der Waals surface area contributed by atoms with Crippen LogP contribution in [0.15, 0.2) is 24.3 Å². The van der Waals surface area contributed by atoms with Crippen molar-refractivity contribution < 1.29 is 14.6 Å². The molecule has 5 aliphatic carbocycles. The van der Waals surface area contributed by atoms with Crippen LogP contribution < -0.4 is 10.1 Å². The number of aliphatic hydroxyl groups is 1. The summed E-state index contributed by atoms with van der Waals surface area (Å²) < 4.78 is 6.04. The Labute approximate surface area is 174 Å². The summed E-state index contributed by atoms with van der Waals surface area (Å²) in [6.45, 7) is 1.08. The van der Waals surface area contributed by atoms with Gasteiger partial charge in [-0.1, -0.05) is 25.3 Å². The highest BCUT2D eigenvalue weighted by molar-refractivity contribution is 5.94. The van der Waals surface area contributed by atoms with E-state index in [0.29, 0.717) is 29.9 Å². The second kappa shape index (κ2) is 7.94. The summed E-state index contributed by atoms with van der Waals surface area (Å²) in [5, 5.41) is 13.3. The molecule has 6 rings (SSSR count). The standard InChI is InChI=1S/C25H35NO3/c27-16-25-12-18-9-20(13-25)23(21(10-18)14-25)26-24(28)19-7-4-8-22(11-19)29-15-17-5-2-1-3-6-17/h4,7-8,11,17-18,20-21,23,27H,1-3,5-6,9-10,12-16H2,(H,26,28). The van der Waals surface area contributed by atoms with Crippen molar-refractivity contribution in [1.29, 1.82) is 0 Å². The van der Waals surface area contributed by atoms with Crippen LogP contribution in [0.2, 0.25) is 0 Å². The van der Waals surface area contributed by atoms with Gasteiger partial charge in [-0.2, -0.15) is 0 Å². The van der Waals surface area contributed by atoms with Crippen LogP contribution in [-0.2, 0) is 0 Å². The van der Waals surface area contributed by atoms with Crippen molar-refractivity contribution in [1.82, 2.24) is 5.32 Å². The summed E-state index contributed by atoms with van der Waals surface area (Å²) in [4.78, 5) is 13.0. The van der Waals surface area contributed by atoms with Crippen molar-refractivity contribution in [3.8, 4) is 5.75 Å². The molecule has 2 unspecified atom stereocenters. The molecule has 4 bridgehead atoms. The second-order valence-electron chi connectivity index (χ2n) is 10.5. The van der Waals surface area contributed by atoms with Gasteiger partial charge >= 0.3 is 0 Å². The van der Waals surface area contributed by atoms with Crippen LogP contribution in [0.4, 0.5) is 0 Å². The van der Waals surface area contributed by atoms with E-state index < -0.39 is 0 Å². The van der Waals surface area contributed by atoms with E-state index in [2.05, 4.69) is 5.32 Å². The first-order valence-corrected chi connectivity index (χ1v) is 11.8. The van der Waals surface area contributed by atoms with Gasteiger partial charge in [0, 0.05) is 18.2 Å². The maximum atomic E-state index is 13.0. The van der Waals surface area contributed by atoms with Crippen molar-refractivity contribution in [3.63, 3.8) is 0 Å². The van der Waals surface area contributed by atoms with Crippen LogP contribution in [0, 0.1) is 29.1 Å². The summed E-state index contributed by atoms with van der Waals surface area (Å²) >= 11 is 0. The van der Waals surface area contributed by atoms with Gasteiger partial charge in [0.1, 0.15) is 5.75 Å².